The van der Waals surface area contributed by atoms with Crippen molar-refractivity contribution in [2.45, 2.75) is 20.3 Å². The Morgan fingerprint density at radius 3 is 2.52 bits per heavy atom. The van der Waals surface area contributed by atoms with E-state index in [4.69, 9.17) is 11.6 Å². The maximum absolute atomic E-state index is 12.0. The summed E-state index contributed by atoms with van der Waals surface area (Å²) in [6, 6.07) is 12.6. The summed E-state index contributed by atoms with van der Waals surface area (Å²) >= 11 is 5.96. The first-order chi connectivity index (χ1) is 11.0. The predicted octanol–water partition coefficient (Wildman–Crippen LogP) is 3.72. The smallest absolute Gasteiger partial charge is 0.252 e. The number of carbonyl (C=O) groups excluding carboxylic acids is 2. The molecule has 0 bridgehead atoms. The average molecular weight is 331 g/mol. The second kappa shape index (κ2) is 7.79. The lowest BCUT2D eigenvalue weighted by molar-refractivity contribution is -0.116. The third-order valence-electron chi connectivity index (χ3n) is 3.63. The molecule has 2 aromatic carbocycles. The average Bonchev–Trinajstić information content (AvgIpc) is 2.52. The Morgan fingerprint density at radius 2 is 1.78 bits per heavy atom. The van der Waals surface area contributed by atoms with Crippen LogP contribution in [0.5, 0.6) is 0 Å². The highest BCUT2D eigenvalue weighted by Gasteiger charge is 2.10. The number of carbonyl (C=O) groups is 2. The van der Waals surface area contributed by atoms with Crippen LogP contribution in [0.4, 0.5) is 5.69 Å². The highest BCUT2D eigenvalue weighted by molar-refractivity contribution is 6.33. The van der Waals surface area contributed by atoms with Crippen LogP contribution in [0, 0.1) is 13.8 Å². The highest BCUT2D eigenvalue weighted by atomic mass is 35.5. The number of rotatable bonds is 5. The topological polar surface area (TPSA) is 58.2 Å². The van der Waals surface area contributed by atoms with E-state index in [2.05, 4.69) is 10.6 Å². The van der Waals surface area contributed by atoms with Gasteiger partial charge in [0.05, 0.1) is 10.6 Å². The molecule has 5 heteroatoms. The molecule has 120 valence electrons. The van der Waals surface area contributed by atoms with Crippen LogP contribution < -0.4 is 10.6 Å². The van der Waals surface area contributed by atoms with Crippen molar-refractivity contribution in [3.8, 4) is 0 Å². The number of hydrogen-bond acceptors (Lipinski definition) is 2. The minimum absolute atomic E-state index is 0.141. The predicted molar refractivity (Wildman–Crippen MR) is 92.9 cm³/mol. The van der Waals surface area contributed by atoms with Crippen LogP contribution in [0.1, 0.15) is 27.9 Å². The second-order valence-electron chi connectivity index (χ2n) is 5.28. The number of aryl methyl sites for hydroxylation is 1. The quantitative estimate of drug-likeness (QED) is 0.878. The number of amides is 2. The van der Waals surface area contributed by atoms with Gasteiger partial charge in [-0.25, -0.2) is 0 Å². The minimum Gasteiger partial charge on any atom is -0.351 e. The molecule has 0 unspecified atom stereocenters. The van der Waals surface area contributed by atoms with Crippen LogP contribution in [0.2, 0.25) is 5.02 Å². The number of halogens is 1. The van der Waals surface area contributed by atoms with E-state index in [1.54, 1.807) is 24.3 Å². The molecule has 2 aromatic rings. The van der Waals surface area contributed by atoms with Gasteiger partial charge >= 0.3 is 0 Å². The zero-order valence-corrected chi connectivity index (χ0v) is 13.9. The Bertz CT molecular complexity index is 729. The van der Waals surface area contributed by atoms with Crippen molar-refractivity contribution >= 4 is 29.1 Å². The number of anilines is 1. The zero-order chi connectivity index (χ0) is 16.8. The van der Waals surface area contributed by atoms with Crippen molar-refractivity contribution in [2.24, 2.45) is 0 Å². The molecule has 2 N–H and O–H groups in total. The van der Waals surface area contributed by atoms with Crippen LogP contribution >= 0.6 is 11.6 Å². The van der Waals surface area contributed by atoms with Gasteiger partial charge < -0.3 is 10.6 Å². The molecule has 0 spiro atoms. The molecule has 0 saturated carbocycles. The normalized spacial score (nSPS) is 10.2. The Kier molecular flexibility index (Phi) is 5.77. The summed E-state index contributed by atoms with van der Waals surface area (Å²) in [6.45, 7) is 4.21. The van der Waals surface area contributed by atoms with Gasteiger partial charge in [-0.3, -0.25) is 9.59 Å². The van der Waals surface area contributed by atoms with Gasteiger partial charge in [0, 0.05) is 18.7 Å². The summed E-state index contributed by atoms with van der Waals surface area (Å²) < 4.78 is 0. The standard InChI is InChI=1S/C18H19ClN2O2/c1-12-6-5-9-16(13(12)2)21-17(22)10-11-20-18(23)14-7-3-4-8-15(14)19/h3-9H,10-11H2,1-2H3,(H,20,23)(H,21,22). The van der Waals surface area contributed by atoms with Gasteiger partial charge in [-0.15, -0.1) is 0 Å². The summed E-state index contributed by atoms with van der Waals surface area (Å²) in [6.07, 6.45) is 0.198. The molecular weight excluding hydrogens is 312 g/mol. The number of benzene rings is 2. The van der Waals surface area contributed by atoms with Crippen molar-refractivity contribution < 1.29 is 9.59 Å². The van der Waals surface area contributed by atoms with Crippen molar-refractivity contribution in [3.05, 3.63) is 64.2 Å². The monoisotopic (exact) mass is 330 g/mol. The summed E-state index contributed by atoms with van der Waals surface area (Å²) in [5, 5.41) is 5.95. The van der Waals surface area contributed by atoms with E-state index >= 15 is 0 Å². The SMILES string of the molecule is Cc1cccc(NC(=O)CCNC(=O)c2ccccc2Cl)c1C. The molecule has 0 atom stereocenters. The first-order valence-electron chi connectivity index (χ1n) is 7.38. The summed E-state index contributed by atoms with van der Waals surface area (Å²) in [4.78, 5) is 23.9. The van der Waals surface area contributed by atoms with Crippen LogP contribution in [0.15, 0.2) is 42.5 Å². The van der Waals surface area contributed by atoms with E-state index in [0.29, 0.717) is 10.6 Å². The van der Waals surface area contributed by atoms with E-state index in [1.807, 2.05) is 32.0 Å². The maximum atomic E-state index is 12.0. The van der Waals surface area contributed by atoms with Gasteiger partial charge in [-0.2, -0.15) is 0 Å². The summed E-state index contributed by atoms with van der Waals surface area (Å²) in [7, 11) is 0. The number of hydrogen-bond donors (Lipinski definition) is 2. The third-order valence-corrected chi connectivity index (χ3v) is 3.96. The fraction of sp³-hybridized carbons (Fsp3) is 0.222. The van der Waals surface area contributed by atoms with E-state index in [1.165, 1.54) is 0 Å². The van der Waals surface area contributed by atoms with Crippen LogP contribution in [0.3, 0.4) is 0 Å². The molecule has 0 aliphatic heterocycles. The van der Waals surface area contributed by atoms with Gasteiger partial charge in [0.25, 0.3) is 5.91 Å². The maximum Gasteiger partial charge on any atom is 0.252 e. The molecule has 0 aliphatic carbocycles. The van der Waals surface area contributed by atoms with Crippen molar-refractivity contribution in [2.75, 3.05) is 11.9 Å². The highest BCUT2D eigenvalue weighted by Crippen LogP contribution is 2.18. The summed E-state index contributed by atoms with van der Waals surface area (Å²) in [5.74, 6) is -0.423. The first kappa shape index (κ1) is 17.0. The van der Waals surface area contributed by atoms with Gasteiger partial charge in [-0.1, -0.05) is 35.9 Å². The molecule has 0 heterocycles. The Labute approximate surface area is 140 Å². The summed E-state index contributed by atoms with van der Waals surface area (Å²) in [5.41, 5.74) is 3.37. The third kappa shape index (κ3) is 4.57. The van der Waals surface area contributed by atoms with E-state index in [0.717, 1.165) is 16.8 Å². The van der Waals surface area contributed by atoms with Crippen LogP contribution in [-0.4, -0.2) is 18.4 Å². The van der Waals surface area contributed by atoms with Crippen molar-refractivity contribution in [3.63, 3.8) is 0 Å². The minimum atomic E-state index is -0.282. The molecule has 2 amide bonds. The Balaban J connectivity index is 1.84. The van der Waals surface area contributed by atoms with Gasteiger partial charge in [0.2, 0.25) is 5.91 Å². The molecule has 2 rings (SSSR count). The Hall–Kier alpha value is -2.33. The molecule has 0 fully saturated rings. The van der Waals surface area contributed by atoms with Crippen molar-refractivity contribution in [1.82, 2.24) is 5.32 Å². The van der Waals surface area contributed by atoms with E-state index in [-0.39, 0.29) is 24.8 Å². The molecule has 0 aliphatic rings. The molecular formula is C18H19ClN2O2. The van der Waals surface area contributed by atoms with Gasteiger partial charge in [0.15, 0.2) is 0 Å². The van der Waals surface area contributed by atoms with Crippen LogP contribution in [-0.2, 0) is 4.79 Å². The van der Waals surface area contributed by atoms with Gasteiger partial charge in [-0.05, 0) is 43.2 Å². The van der Waals surface area contributed by atoms with Crippen molar-refractivity contribution in [1.29, 1.82) is 0 Å². The Morgan fingerprint density at radius 1 is 1.04 bits per heavy atom. The van der Waals surface area contributed by atoms with Gasteiger partial charge in [0.1, 0.15) is 0 Å². The fourth-order valence-corrected chi connectivity index (χ4v) is 2.35. The molecule has 0 aromatic heterocycles. The molecule has 0 saturated heterocycles. The van der Waals surface area contributed by atoms with Crippen LogP contribution in [0.25, 0.3) is 0 Å². The zero-order valence-electron chi connectivity index (χ0n) is 13.2. The number of nitrogens with one attached hydrogen (secondary N) is 2. The lowest BCUT2D eigenvalue weighted by atomic mass is 10.1. The molecule has 0 radical (unpaired) electrons. The second-order valence-corrected chi connectivity index (χ2v) is 5.69. The largest absolute Gasteiger partial charge is 0.351 e. The fourth-order valence-electron chi connectivity index (χ4n) is 2.13. The first-order valence-corrected chi connectivity index (χ1v) is 7.75. The molecule has 4 nitrogen and oxygen atoms in total. The van der Waals surface area contributed by atoms with E-state index in [9.17, 15) is 9.59 Å². The molecule has 23 heavy (non-hydrogen) atoms. The lowest BCUT2D eigenvalue weighted by Crippen LogP contribution is -2.28. The van der Waals surface area contributed by atoms with E-state index < -0.39 is 0 Å². The lowest BCUT2D eigenvalue weighted by Gasteiger charge is -2.11.